The molecule has 0 N–H and O–H groups in total. The van der Waals surface area contributed by atoms with Gasteiger partial charge in [-0.25, -0.2) is 13.2 Å². The van der Waals surface area contributed by atoms with Crippen LogP contribution < -0.4 is 0 Å². The van der Waals surface area contributed by atoms with Gasteiger partial charge in [-0.3, -0.25) is 4.79 Å². The molecule has 1 aromatic carbocycles. The first-order valence-electron chi connectivity index (χ1n) is 7.08. The van der Waals surface area contributed by atoms with Crippen LogP contribution in [0.4, 0.5) is 13.2 Å². The Bertz CT molecular complexity index is 720. The summed E-state index contributed by atoms with van der Waals surface area (Å²) in [6.45, 7) is 7.59. The van der Waals surface area contributed by atoms with E-state index in [0.717, 1.165) is 11.0 Å². The number of amides is 1. The Labute approximate surface area is 147 Å². The number of rotatable bonds is 6. The standard InChI is InChI=1S/C17H15ClF3NOS/c1-3-4-13(24-10(2)18)9-22-8-11(5-16(22)23)14-6-12(19)7-15(20)17(14)21/h3-4,6-7,11H,1-2,5,8-9H2/b13-4-. The topological polar surface area (TPSA) is 20.3 Å². The van der Waals surface area contributed by atoms with E-state index >= 15 is 0 Å². The summed E-state index contributed by atoms with van der Waals surface area (Å²) in [5.41, 5.74) is -0.119. The summed E-state index contributed by atoms with van der Waals surface area (Å²) >= 11 is 6.96. The van der Waals surface area contributed by atoms with Gasteiger partial charge in [-0.1, -0.05) is 48.7 Å². The molecule has 1 unspecified atom stereocenters. The molecule has 0 saturated carbocycles. The van der Waals surface area contributed by atoms with Crippen molar-refractivity contribution < 1.29 is 18.0 Å². The number of carbonyl (C=O) groups is 1. The van der Waals surface area contributed by atoms with Crippen molar-refractivity contribution in [2.45, 2.75) is 12.3 Å². The van der Waals surface area contributed by atoms with Crippen LogP contribution >= 0.6 is 23.4 Å². The fourth-order valence-electron chi connectivity index (χ4n) is 2.59. The summed E-state index contributed by atoms with van der Waals surface area (Å²) in [4.78, 5) is 14.4. The predicted octanol–water partition coefficient (Wildman–Crippen LogP) is 4.93. The second-order valence-corrected chi connectivity index (χ2v) is 7.19. The highest BCUT2D eigenvalue weighted by Crippen LogP contribution is 2.34. The number of benzene rings is 1. The Kier molecular flexibility index (Phi) is 6.18. The maximum absolute atomic E-state index is 13.9. The first kappa shape index (κ1) is 18.7. The van der Waals surface area contributed by atoms with Gasteiger partial charge in [0.2, 0.25) is 5.91 Å². The van der Waals surface area contributed by atoms with Crippen molar-refractivity contribution in [1.82, 2.24) is 4.90 Å². The molecule has 1 heterocycles. The summed E-state index contributed by atoms with van der Waals surface area (Å²) in [7, 11) is 0. The van der Waals surface area contributed by atoms with Crippen molar-refractivity contribution in [3.63, 3.8) is 0 Å². The molecule has 1 aromatic rings. The molecule has 2 nitrogen and oxygen atoms in total. The Morgan fingerprint density at radius 1 is 1.42 bits per heavy atom. The van der Waals surface area contributed by atoms with Gasteiger partial charge in [-0.05, 0) is 11.6 Å². The van der Waals surface area contributed by atoms with Gasteiger partial charge >= 0.3 is 0 Å². The summed E-state index contributed by atoms with van der Waals surface area (Å²) in [5.74, 6) is -4.05. The fraction of sp³-hybridized carbons (Fsp3) is 0.235. The third kappa shape index (κ3) is 4.45. The molecule has 1 aliphatic heterocycles. The van der Waals surface area contributed by atoms with Crippen LogP contribution in [0.25, 0.3) is 0 Å². The SMILES string of the molecule is C=C/C=C(/CN1CC(c2cc(F)cc(F)c2F)CC1=O)SC(=C)Cl. The van der Waals surface area contributed by atoms with Crippen molar-refractivity contribution >= 4 is 29.3 Å². The van der Waals surface area contributed by atoms with E-state index < -0.39 is 23.4 Å². The average Bonchev–Trinajstić information content (AvgIpc) is 2.83. The maximum atomic E-state index is 13.9. The minimum Gasteiger partial charge on any atom is -0.337 e. The molecule has 7 heteroatoms. The monoisotopic (exact) mass is 373 g/mol. The summed E-state index contributed by atoms with van der Waals surface area (Å²) in [6, 6.07) is 1.43. The zero-order valence-corrected chi connectivity index (χ0v) is 14.3. The zero-order chi connectivity index (χ0) is 17.9. The first-order valence-corrected chi connectivity index (χ1v) is 8.27. The van der Waals surface area contributed by atoms with Crippen LogP contribution in [0.5, 0.6) is 0 Å². The van der Waals surface area contributed by atoms with Crippen molar-refractivity contribution in [2.75, 3.05) is 13.1 Å². The quantitative estimate of drug-likeness (QED) is 0.520. The summed E-state index contributed by atoms with van der Waals surface area (Å²) in [6.07, 6.45) is 3.25. The lowest BCUT2D eigenvalue weighted by molar-refractivity contribution is -0.127. The van der Waals surface area contributed by atoms with Crippen LogP contribution in [0.15, 0.2) is 46.7 Å². The van der Waals surface area contributed by atoms with Crippen LogP contribution in [0, 0.1) is 17.5 Å². The van der Waals surface area contributed by atoms with Gasteiger partial charge in [0, 0.05) is 29.9 Å². The second kappa shape index (κ2) is 7.94. The van der Waals surface area contributed by atoms with E-state index in [4.69, 9.17) is 11.6 Å². The van der Waals surface area contributed by atoms with Crippen LogP contribution in [-0.2, 0) is 4.79 Å². The predicted molar refractivity (Wildman–Crippen MR) is 91.1 cm³/mol. The third-order valence-electron chi connectivity index (χ3n) is 3.57. The number of nitrogens with zero attached hydrogens (tertiary/aromatic N) is 1. The van der Waals surface area contributed by atoms with Crippen LogP contribution in [-0.4, -0.2) is 23.9 Å². The molecule has 0 aromatic heterocycles. The molecule has 2 rings (SSSR count). The first-order chi connectivity index (χ1) is 11.3. The van der Waals surface area contributed by atoms with Crippen LogP contribution in [0.3, 0.4) is 0 Å². The zero-order valence-electron chi connectivity index (χ0n) is 12.7. The number of allylic oxidation sites excluding steroid dienone is 2. The van der Waals surface area contributed by atoms with Crippen LogP contribution in [0.2, 0.25) is 0 Å². The van der Waals surface area contributed by atoms with E-state index in [1.165, 1.54) is 16.7 Å². The molecule has 0 spiro atoms. The smallest absolute Gasteiger partial charge is 0.223 e. The van der Waals surface area contributed by atoms with E-state index in [1.54, 1.807) is 12.2 Å². The lowest BCUT2D eigenvalue weighted by Gasteiger charge is -2.18. The van der Waals surface area contributed by atoms with Crippen molar-refractivity contribution in [3.8, 4) is 0 Å². The highest BCUT2D eigenvalue weighted by molar-refractivity contribution is 8.08. The number of hydrogen-bond acceptors (Lipinski definition) is 2. The van der Waals surface area contributed by atoms with E-state index in [9.17, 15) is 18.0 Å². The van der Waals surface area contributed by atoms with Gasteiger partial charge in [-0.2, -0.15) is 0 Å². The van der Waals surface area contributed by atoms with Gasteiger partial charge in [0.05, 0.1) is 10.9 Å². The number of carbonyl (C=O) groups excluding carboxylic acids is 1. The average molecular weight is 374 g/mol. The van der Waals surface area contributed by atoms with E-state index in [1.807, 2.05) is 0 Å². The molecule has 24 heavy (non-hydrogen) atoms. The van der Waals surface area contributed by atoms with E-state index in [-0.39, 0.29) is 31.0 Å². The maximum Gasteiger partial charge on any atom is 0.223 e. The molecule has 128 valence electrons. The Hall–Kier alpha value is -1.66. The van der Waals surface area contributed by atoms with E-state index in [2.05, 4.69) is 13.2 Å². The number of hydrogen-bond donors (Lipinski definition) is 0. The molecule has 1 aliphatic rings. The van der Waals surface area contributed by atoms with Gasteiger partial charge in [0.1, 0.15) is 5.82 Å². The molecule has 0 radical (unpaired) electrons. The highest BCUT2D eigenvalue weighted by atomic mass is 35.5. The van der Waals surface area contributed by atoms with E-state index in [0.29, 0.717) is 10.4 Å². The number of halogens is 4. The van der Waals surface area contributed by atoms with Crippen LogP contribution in [0.1, 0.15) is 17.9 Å². The van der Waals surface area contributed by atoms with Crippen molar-refractivity contribution in [1.29, 1.82) is 0 Å². The molecule has 1 fully saturated rings. The van der Waals surface area contributed by atoms with Gasteiger partial charge in [0.15, 0.2) is 11.6 Å². The van der Waals surface area contributed by atoms with Gasteiger partial charge in [-0.15, -0.1) is 0 Å². The molecular formula is C17H15ClF3NOS. The summed E-state index contributed by atoms with van der Waals surface area (Å²) < 4.78 is 41.0. The molecule has 1 amide bonds. The van der Waals surface area contributed by atoms with Crippen molar-refractivity contribution in [2.24, 2.45) is 0 Å². The molecule has 1 atom stereocenters. The fourth-order valence-corrected chi connectivity index (χ4v) is 3.55. The minimum atomic E-state index is -1.25. The molecule has 1 saturated heterocycles. The normalized spacial score (nSPS) is 18.2. The number of likely N-dealkylation sites (tertiary alicyclic amines) is 1. The third-order valence-corrected chi connectivity index (χ3v) is 4.55. The lowest BCUT2D eigenvalue weighted by atomic mass is 9.97. The van der Waals surface area contributed by atoms with Gasteiger partial charge < -0.3 is 4.90 Å². The molecular weight excluding hydrogens is 359 g/mol. The number of thioether (sulfide) groups is 1. The van der Waals surface area contributed by atoms with Gasteiger partial charge in [0.25, 0.3) is 0 Å². The summed E-state index contributed by atoms with van der Waals surface area (Å²) in [5, 5.41) is 0. The Balaban J connectivity index is 2.18. The molecule has 0 bridgehead atoms. The Morgan fingerprint density at radius 2 is 2.12 bits per heavy atom. The highest BCUT2D eigenvalue weighted by Gasteiger charge is 2.33. The second-order valence-electron chi connectivity index (χ2n) is 5.29. The molecule has 0 aliphatic carbocycles. The largest absolute Gasteiger partial charge is 0.337 e. The lowest BCUT2D eigenvalue weighted by Crippen LogP contribution is -2.26. The van der Waals surface area contributed by atoms with Crippen molar-refractivity contribution in [3.05, 3.63) is 69.7 Å². The minimum absolute atomic E-state index is 0.00628. The Morgan fingerprint density at radius 3 is 2.75 bits per heavy atom.